The maximum Gasteiger partial charge on any atom is 0.227 e. The van der Waals surface area contributed by atoms with Crippen LogP contribution in [0.1, 0.15) is 63.5 Å². The maximum absolute atomic E-state index is 13.1. The first-order valence-electron chi connectivity index (χ1n) is 12.4. The van der Waals surface area contributed by atoms with Crippen molar-refractivity contribution in [2.75, 3.05) is 38.5 Å². The van der Waals surface area contributed by atoms with Gasteiger partial charge < -0.3 is 14.2 Å². The van der Waals surface area contributed by atoms with Crippen molar-refractivity contribution in [2.45, 2.75) is 88.2 Å². The summed E-state index contributed by atoms with van der Waals surface area (Å²) in [5.74, 6) is 0.575. The van der Waals surface area contributed by atoms with Crippen LogP contribution in [-0.2, 0) is 27.7 Å². The number of ether oxygens (including phenoxy) is 1. The number of hydrogen-bond acceptors (Lipinski definition) is 6. The van der Waals surface area contributed by atoms with E-state index < -0.39 is 9.84 Å². The van der Waals surface area contributed by atoms with E-state index in [1.54, 1.807) is 0 Å². The molecule has 4 heterocycles. The van der Waals surface area contributed by atoms with Gasteiger partial charge in [0, 0.05) is 32.3 Å². The van der Waals surface area contributed by atoms with Crippen LogP contribution < -0.4 is 0 Å². The maximum atomic E-state index is 13.1. The summed E-state index contributed by atoms with van der Waals surface area (Å²) in [5.41, 5.74) is 1.03. The zero-order valence-corrected chi connectivity index (χ0v) is 19.6. The molecule has 1 aromatic rings. The highest BCUT2D eigenvalue weighted by molar-refractivity contribution is 7.91. The van der Waals surface area contributed by atoms with E-state index in [4.69, 9.17) is 4.74 Å². The minimum atomic E-state index is -3.34. The molecule has 5 rings (SSSR count). The molecule has 0 amide bonds. The molecule has 3 aliphatic heterocycles. The second-order valence-corrected chi connectivity index (χ2v) is 12.0. The summed E-state index contributed by atoms with van der Waals surface area (Å²) in [4.78, 5) is 9.64. The molecule has 31 heavy (non-hydrogen) atoms. The molecule has 1 aliphatic carbocycles. The average molecular weight is 451 g/mol. The Bertz CT molecular complexity index is 831. The topological polar surface area (TPSA) is 67.7 Å². The van der Waals surface area contributed by atoms with Crippen LogP contribution in [-0.4, -0.2) is 78.5 Å². The lowest BCUT2D eigenvalue weighted by Gasteiger charge is -2.40. The van der Waals surface area contributed by atoms with E-state index in [0.29, 0.717) is 12.5 Å². The van der Waals surface area contributed by atoms with Gasteiger partial charge in [0.2, 0.25) is 15.0 Å². The summed E-state index contributed by atoms with van der Waals surface area (Å²) in [7, 11) is -3.34. The van der Waals surface area contributed by atoms with Crippen molar-refractivity contribution in [1.82, 2.24) is 19.4 Å². The number of piperidine rings is 2. The normalized spacial score (nSPS) is 27.2. The van der Waals surface area contributed by atoms with Crippen molar-refractivity contribution in [3.63, 3.8) is 0 Å². The second kappa shape index (κ2) is 9.49. The van der Waals surface area contributed by atoms with E-state index in [2.05, 4.69) is 14.8 Å². The highest BCUT2D eigenvalue weighted by Crippen LogP contribution is 2.32. The summed E-state index contributed by atoms with van der Waals surface area (Å²) in [5, 5.41) is 0.271. The number of aromatic nitrogens is 2. The van der Waals surface area contributed by atoms with Gasteiger partial charge in [-0.1, -0.05) is 6.42 Å². The minimum Gasteiger partial charge on any atom is -0.376 e. The van der Waals surface area contributed by atoms with E-state index in [0.717, 1.165) is 63.7 Å². The number of rotatable bonds is 8. The van der Waals surface area contributed by atoms with E-state index in [1.807, 2.05) is 10.8 Å². The van der Waals surface area contributed by atoms with Gasteiger partial charge in [0.25, 0.3) is 0 Å². The molecule has 4 fully saturated rings. The van der Waals surface area contributed by atoms with Crippen LogP contribution in [0.3, 0.4) is 0 Å². The van der Waals surface area contributed by atoms with Crippen LogP contribution in [0.4, 0.5) is 0 Å². The molecular formula is C23H38N4O3S. The second-order valence-electron chi connectivity index (χ2n) is 10.1. The fourth-order valence-electron chi connectivity index (χ4n) is 5.58. The van der Waals surface area contributed by atoms with E-state index >= 15 is 0 Å². The van der Waals surface area contributed by atoms with Gasteiger partial charge in [0.15, 0.2) is 0 Å². The highest BCUT2D eigenvalue weighted by Gasteiger charge is 2.34. The Morgan fingerprint density at radius 1 is 0.968 bits per heavy atom. The fourth-order valence-corrected chi connectivity index (χ4v) is 7.42. The standard InChI is InChI=1S/C23H38N4O3S/c28-31(29,18-19-6-7-19)23-24-15-21(27(23)17-22-5-4-14-30-22)16-25-12-8-20(9-13-25)26-10-2-1-3-11-26/h15,19-20,22H,1-14,16-18H2. The third-order valence-corrected chi connectivity index (χ3v) is 9.38. The van der Waals surface area contributed by atoms with Gasteiger partial charge in [-0.15, -0.1) is 0 Å². The molecule has 1 saturated carbocycles. The molecule has 7 nitrogen and oxygen atoms in total. The van der Waals surface area contributed by atoms with Crippen LogP contribution in [0.5, 0.6) is 0 Å². The van der Waals surface area contributed by atoms with Crippen molar-refractivity contribution < 1.29 is 13.2 Å². The first kappa shape index (κ1) is 21.9. The summed E-state index contributed by atoms with van der Waals surface area (Å²) in [6.07, 6.45) is 12.5. The van der Waals surface area contributed by atoms with Gasteiger partial charge in [0.05, 0.1) is 30.3 Å². The summed E-state index contributed by atoms with van der Waals surface area (Å²) in [6, 6.07) is 0.725. The molecule has 0 N–H and O–H groups in total. The first-order valence-corrected chi connectivity index (χ1v) is 14.1. The molecule has 3 saturated heterocycles. The number of likely N-dealkylation sites (tertiary alicyclic amines) is 2. The van der Waals surface area contributed by atoms with Crippen LogP contribution in [0.15, 0.2) is 11.4 Å². The van der Waals surface area contributed by atoms with Crippen LogP contribution in [0, 0.1) is 5.92 Å². The quantitative estimate of drug-likeness (QED) is 0.607. The molecule has 0 bridgehead atoms. The molecule has 0 spiro atoms. The first-order chi connectivity index (χ1) is 15.1. The largest absolute Gasteiger partial charge is 0.376 e. The lowest BCUT2D eigenvalue weighted by molar-refractivity contribution is 0.0837. The highest BCUT2D eigenvalue weighted by atomic mass is 32.2. The monoisotopic (exact) mass is 450 g/mol. The summed E-state index contributed by atoms with van der Waals surface area (Å²) < 4.78 is 33.9. The van der Waals surface area contributed by atoms with Gasteiger partial charge in [-0.3, -0.25) is 4.90 Å². The number of nitrogens with zero attached hydrogens (tertiary/aromatic N) is 4. The Morgan fingerprint density at radius 2 is 1.74 bits per heavy atom. The Hall–Kier alpha value is -0.960. The van der Waals surface area contributed by atoms with Gasteiger partial charge in [0.1, 0.15) is 0 Å². The fraction of sp³-hybridized carbons (Fsp3) is 0.870. The zero-order valence-electron chi connectivity index (χ0n) is 18.8. The number of imidazole rings is 1. The van der Waals surface area contributed by atoms with E-state index in [9.17, 15) is 8.42 Å². The SMILES string of the molecule is O=S(=O)(CC1CC1)c1ncc(CN2CCC(N3CCCCC3)CC2)n1CC1CCCO1. The molecular weight excluding hydrogens is 412 g/mol. The molecule has 1 aromatic heterocycles. The summed E-state index contributed by atoms with van der Waals surface area (Å²) >= 11 is 0. The smallest absolute Gasteiger partial charge is 0.227 e. The van der Waals surface area contributed by atoms with Gasteiger partial charge >= 0.3 is 0 Å². The van der Waals surface area contributed by atoms with Gasteiger partial charge in [-0.25, -0.2) is 13.4 Å². The molecule has 1 unspecified atom stereocenters. The molecule has 8 heteroatoms. The van der Waals surface area contributed by atoms with Crippen molar-refractivity contribution in [2.24, 2.45) is 5.92 Å². The van der Waals surface area contributed by atoms with Crippen molar-refractivity contribution in [3.8, 4) is 0 Å². The van der Waals surface area contributed by atoms with Crippen molar-refractivity contribution in [1.29, 1.82) is 0 Å². The van der Waals surface area contributed by atoms with Crippen LogP contribution >= 0.6 is 0 Å². The lowest BCUT2D eigenvalue weighted by atomic mass is 10.00. The number of sulfone groups is 1. The predicted molar refractivity (Wildman–Crippen MR) is 120 cm³/mol. The third kappa shape index (κ3) is 5.34. The van der Waals surface area contributed by atoms with E-state index in [1.165, 1.54) is 45.2 Å². The summed E-state index contributed by atoms with van der Waals surface area (Å²) in [6.45, 7) is 6.86. The number of hydrogen-bond donors (Lipinski definition) is 0. The Balaban J connectivity index is 1.27. The van der Waals surface area contributed by atoms with Gasteiger partial charge in [-0.05, 0) is 70.4 Å². The van der Waals surface area contributed by atoms with Gasteiger partial charge in [-0.2, -0.15) is 0 Å². The van der Waals surface area contributed by atoms with Crippen LogP contribution in [0.2, 0.25) is 0 Å². The Kier molecular flexibility index (Phi) is 6.70. The predicted octanol–water partition coefficient (Wildman–Crippen LogP) is 2.70. The molecule has 4 aliphatic rings. The Labute approximate surface area is 187 Å². The zero-order chi connectivity index (χ0) is 21.3. The van der Waals surface area contributed by atoms with Crippen LogP contribution in [0.25, 0.3) is 0 Å². The average Bonchev–Trinajstić information content (AvgIpc) is 3.26. The minimum absolute atomic E-state index is 0.104. The molecule has 174 valence electrons. The molecule has 1 atom stereocenters. The Morgan fingerprint density at radius 3 is 2.42 bits per heavy atom. The lowest BCUT2D eigenvalue weighted by Crippen LogP contribution is -2.46. The van der Waals surface area contributed by atoms with Crippen molar-refractivity contribution >= 4 is 9.84 Å². The van der Waals surface area contributed by atoms with Crippen molar-refractivity contribution in [3.05, 3.63) is 11.9 Å². The molecule has 0 radical (unpaired) electrons. The molecule has 0 aromatic carbocycles. The third-order valence-electron chi connectivity index (χ3n) is 7.59. The van der Waals surface area contributed by atoms with E-state index in [-0.39, 0.29) is 17.0 Å².